The second-order valence-electron chi connectivity index (χ2n) is 7.86. The molecule has 2 heterocycles. The summed E-state index contributed by atoms with van der Waals surface area (Å²) in [6.45, 7) is 6.64. The molecule has 1 fully saturated rings. The van der Waals surface area contributed by atoms with Gasteiger partial charge in [-0.25, -0.2) is 4.68 Å². The Labute approximate surface area is 182 Å². The zero-order valence-corrected chi connectivity index (χ0v) is 18.1. The van der Waals surface area contributed by atoms with E-state index < -0.39 is 0 Å². The Morgan fingerprint density at radius 1 is 1.00 bits per heavy atom. The monoisotopic (exact) mass is 414 g/mol. The van der Waals surface area contributed by atoms with Crippen molar-refractivity contribution in [1.82, 2.24) is 9.78 Å². The summed E-state index contributed by atoms with van der Waals surface area (Å²) in [6.07, 6.45) is 4.79. The van der Waals surface area contributed by atoms with Crippen molar-refractivity contribution in [3.05, 3.63) is 77.1 Å². The van der Waals surface area contributed by atoms with E-state index in [1.165, 1.54) is 11.6 Å². The first kappa shape index (κ1) is 20.6. The first-order valence-electron chi connectivity index (χ1n) is 10.4. The molecule has 31 heavy (non-hydrogen) atoms. The van der Waals surface area contributed by atoms with Crippen molar-refractivity contribution in [1.29, 1.82) is 0 Å². The summed E-state index contributed by atoms with van der Waals surface area (Å²) in [7, 11) is 0. The molecule has 6 heteroatoms. The highest BCUT2D eigenvalue weighted by atomic mass is 16.2. The van der Waals surface area contributed by atoms with Crippen LogP contribution < -0.4 is 10.2 Å². The van der Waals surface area contributed by atoms with E-state index in [2.05, 4.69) is 10.4 Å². The van der Waals surface area contributed by atoms with Crippen molar-refractivity contribution in [2.75, 3.05) is 16.8 Å². The summed E-state index contributed by atoms with van der Waals surface area (Å²) in [5, 5.41) is 7.53. The predicted octanol–water partition coefficient (Wildman–Crippen LogP) is 4.58. The fourth-order valence-electron chi connectivity index (χ4n) is 3.78. The number of aromatic nitrogens is 2. The average molecular weight is 415 g/mol. The first-order valence-corrected chi connectivity index (χ1v) is 10.4. The van der Waals surface area contributed by atoms with Gasteiger partial charge in [-0.2, -0.15) is 5.10 Å². The second-order valence-corrected chi connectivity index (χ2v) is 7.86. The van der Waals surface area contributed by atoms with Crippen molar-refractivity contribution in [2.45, 2.75) is 33.6 Å². The van der Waals surface area contributed by atoms with E-state index in [9.17, 15) is 9.59 Å². The van der Waals surface area contributed by atoms with Crippen LogP contribution in [0.1, 0.15) is 35.4 Å². The maximum atomic E-state index is 12.5. The quantitative estimate of drug-likeness (QED) is 0.622. The number of amides is 2. The van der Waals surface area contributed by atoms with Crippen LogP contribution in [0.5, 0.6) is 0 Å². The molecule has 2 aromatic carbocycles. The van der Waals surface area contributed by atoms with Crippen molar-refractivity contribution < 1.29 is 9.59 Å². The lowest BCUT2D eigenvalue weighted by molar-refractivity contribution is -0.117. The Morgan fingerprint density at radius 2 is 1.68 bits per heavy atom. The van der Waals surface area contributed by atoms with Gasteiger partial charge in [-0.1, -0.05) is 29.8 Å². The predicted molar refractivity (Wildman–Crippen MR) is 123 cm³/mol. The highest BCUT2D eigenvalue weighted by Gasteiger charge is 2.21. The lowest BCUT2D eigenvalue weighted by Gasteiger charge is -2.15. The average Bonchev–Trinajstić information content (AvgIpc) is 3.31. The first-order chi connectivity index (χ1) is 14.9. The van der Waals surface area contributed by atoms with Crippen LogP contribution in [0.2, 0.25) is 0 Å². The van der Waals surface area contributed by atoms with Gasteiger partial charge in [0.15, 0.2) is 0 Å². The molecular formula is C25H26N4O2. The van der Waals surface area contributed by atoms with Gasteiger partial charge in [0.25, 0.3) is 0 Å². The molecule has 0 aliphatic carbocycles. The zero-order valence-electron chi connectivity index (χ0n) is 18.1. The lowest BCUT2D eigenvalue weighted by atomic mass is 10.2. The Morgan fingerprint density at radius 3 is 2.32 bits per heavy atom. The molecule has 3 aromatic rings. The Hall–Kier alpha value is -3.67. The highest BCUT2D eigenvalue weighted by Crippen LogP contribution is 2.24. The molecule has 0 atom stereocenters. The molecule has 0 radical (unpaired) electrons. The smallest absolute Gasteiger partial charge is 0.248 e. The van der Waals surface area contributed by atoms with E-state index >= 15 is 0 Å². The number of hydrogen-bond donors (Lipinski definition) is 1. The van der Waals surface area contributed by atoms with Gasteiger partial charge in [0.2, 0.25) is 11.8 Å². The number of benzene rings is 2. The van der Waals surface area contributed by atoms with Crippen molar-refractivity contribution >= 4 is 29.3 Å². The normalized spacial score (nSPS) is 13.9. The van der Waals surface area contributed by atoms with Crippen LogP contribution in [-0.4, -0.2) is 28.1 Å². The highest BCUT2D eigenvalue weighted by molar-refractivity contribution is 6.02. The largest absolute Gasteiger partial charge is 0.319 e. The van der Waals surface area contributed by atoms with E-state index in [1.807, 2.05) is 74.0 Å². The minimum Gasteiger partial charge on any atom is -0.319 e. The number of nitrogens with zero attached hydrogens (tertiary/aromatic N) is 3. The van der Waals surface area contributed by atoms with Crippen molar-refractivity contribution in [2.24, 2.45) is 0 Å². The molecule has 1 N–H and O–H groups in total. The van der Waals surface area contributed by atoms with Crippen LogP contribution in [0, 0.1) is 20.8 Å². The third-order valence-corrected chi connectivity index (χ3v) is 5.52. The number of hydrogen-bond acceptors (Lipinski definition) is 3. The molecule has 1 aliphatic heterocycles. The zero-order chi connectivity index (χ0) is 22.0. The molecule has 1 aliphatic rings. The SMILES string of the molecule is Cc1ccc(-n2nc(C)c(NC(=O)/C=C/c3ccc(N4CCCC4=O)cc3)c2C)cc1. The van der Waals surface area contributed by atoms with Gasteiger partial charge in [0, 0.05) is 24.7 Å². The van der Waals surface area contributed by atoms with Gasteiger partial charge in [-0.05, 0) is 63.1 Å². The molecule has 4 rings (SSSR count). The molecule has 0 spiro atoms. The van der Waals surface area contributed by atoms with Gasteiger partial charge in [-0.15, -0.1) is 0 Å². The van der Waals surface area contributed by atoms with Gasteiger partial charge in [0.1, 0.15) is 0 Å². The number of rotatable bonds is 5. The molecule has 0 unspecified atom stereocenters. The Bertz CT molecular complexity index is 1140. The number of carbonyl (C=O) groups is 2. The molecule has 158 valence electrons. The molecular weight excluding hydrogens is 388 g/mol. The van der Waals surface area contributed by atoms with Crippen LogP contribution in [0.25, 0.3) is 11.8 Å². The van der Waals surface area contributed by atoms with Crippen molar-refractivity contribution in [3.8, 4) is 5.69 Å². The second kappa shape index (κ2) is 8.60. The standard InChI is InChI=1S/C25H26N4O2/c1-17-6-11-22(12-7-17)29-19(3)25(18(2)27-29)26-23(30)15-10-20-8-13-21(14-9-20)28-16-4-5-24(28)31/h6-15H,4-5,16H2,1-3H3,(H,26,30)/b15-10+. The summed E-state index contributed by atoms with van der Waals surface area (Å²) < 4.78 is 1.84. The molecule has 0 saturated carbocycles. The Kier molecular flexibility index (Phi) is 5.71. The number of nitrogens with one attached hydrogen (secondary N) is 1. The van der Waals surface area contributed by atoms with E-state index in [-0.39, 0.29) is 11.8 Å². The maximum Gasteiger partial charge on any atom is 0.248 e. The van der Waals surface area contributed by atoms with Gasteiger partial charge in [-0.3, -0.25) is 9.59 Å². The summed E-state index contributed by atoms with van der Waals surface area (Å²) in [5.74, 6) is -0.0481. The minimum absolute atomic E-state index is 0.166. The fourth-order valence-corrected chi connectivity index (χ4v) is 3.78. The summed E-state index contributed by atoms with van der Waals surface area (Å²) in [4.78, 5) is 26.2. The number of aryl methyl sites for hydroxylation is 2. The molecule has 1 saturated heterocycles. The lowest BCUT2D eigenvalue weighted by Crippen LogP contribution is -2.23. The topological polar surface area (TPSA) is 67.2 Å². The van der Waals surface area contributed by atoms with Crippen LogP contribution in [-0.2, 0) is 9.59 Å². The van der Waals surface area contributed by atoms with Crippen LogP contribution in [0.3, 0.4) is 0 Å². The molecule has 6 nitrogen and oxygen atoms in total. The number of anilines is 2. The molecule has 2 amide bonds. The summed E-state index contributed by atoms with van der Waals surface area (Å²) in [5.41, 5.74) is 6.30. The molecule has 0 bridgehead atoms. The fraction of sp³-hybridized carbons (Fsp3) is 0.240. The maximum absolute atomic E-state index is 12.5. The van der Waals surface area contributed by atoms with Gasteiger partial charge in [0.05, 0.1) is 22.8 Å². The summed E-state index contributed by atoms with van der Waals surface area (Å²) >= 11 is 0. The van der Waals surface area contributed by atoms with Crippen LogP contribution in [0.15, 0.2) is 54.6 Å². The summed E-state index contributed by atoms with van der Waals surface area (Å²) in [6, 6.07) is 15.8. The van der Waals surface area contributed by atoms with Crippen molar-refractivity contribution in [3.63, 3.8) is 0 Å². The van der Waals surface area contributed by atoms with E-state index in [1.54, 1.807) is 11.0 Å². The molecule has 1 aromatic heterocycles. The van der Waals surface area contributed by atoms with E-state index in [0.717, 1.165) is 47.0 Å². The van der Waals surface area contributed by atoms with Gasteiger partial charge >= 0.3 is 0 Å². The van der Waals surface area contributed by atoms with Gasteiger partial charge < -0.3 is 10.2 Å². The third-order valence-electron chi connectivity index (χ3n) is 5.52. The van der Waals surface area contributed by atoms with E-state index in [4.69, 9.17) is 0 Å². The Balaban J connectivity index is 1.44. The van der Waals surface area contributed by atoms with Crippen LogP contribution in [0.4, 0.5) is 11.4 Å². The number of carbonyl (C=O) groups excluding carboxylic acids is 2. The minimum atomic E-state index is -0.214. The third kappa shape index (κ3) is 4.43. The van der Waals surface area contributed by atoms with E-state index in [0.29, 0.717) is 6.42 Å². The van der Waals surface area contributed by atoms with Crippen LogP contribution >= 0.6 is 0 Å².